The van der Waals surface area contributed by atoms with E-state index in [1.807, 2.05) is 6.92 Å². The summed E-state index contributed by atoms with van der Waals surface area (Å²) in [6.07, 6.45) is 6.74. The zero-order valence-corrected chi connectivity index (χ0v) is 12.6. The SMILES string of the molecule is CCCC1(C(=O)O)CCCN1C(=O)NC1(CC)CCC1. The lowest BCUT2D eigenvalue weighted by Crippen LogP contribution is -2.62. The Bertz CT molecular complexity index is 387. The highest BCUT2D eigenvalue weighted by molar-refractivity contribution is 5.87. The van der Waals surface area contributed by atoms with E-state index in [2.05, 4.69) is 12.2 Å². The minimum atomic E-state index is -0.989. The number of amides is 2. The molecule has 2 rings (SSSR count). The van der Waals surface area contributed by atoms with Crippen molar-refractivity contribution in [2.45, 2.75) is 76.3 Å². The van der Waals surface area contributed by atoms with Gasteiger partial charge in [-0.2, -0.15) is 0 Å². The number of hydrogen-bond acceptors (Lipinski definition) is 2. The van der Waals surface area contributed by atoms with Crippen LogP contribution in [0.15, 0.2) is 0 Å². The molecule has 1 saturated carbocycles. The number of nitrogens with zero attached hydrogens (tertiary/aromatic N) is 1. The maximum atomic E-state index is 12.6. The second kappa shape index (κ2) is 5.62. The van der Waals surface area contributed by atoms with Gasteiger partial charge in [0.15, 0.2) is 0 Å². The van der Waals surface area contributed by atoms with E-state index in [0.717, 1.165) is 38.5 Å². The molecule has 1 saturated heterocycles. The van der Waals surface area contributed by atoms with Crippen LogP contribution >= 0.6 is 0 Å². The van der Waals surface area contributed by atoms with E-state index in [-0.39, 0.29) is 11.6 Å². The summed E-state index contributed by atoms with van der Waals surface area (Å²) in [7, 11) is 0. The van der Waals surface area contributed by atoms with E-state index < -0.39 is 11.5 Å². The summed E-state index contributed by atoms with van der Waals surface area (Å²) in [5.74, 6) is -0.855. The Labute approximate surface area is 120 Å². The zero-order chi connectivity index (χ0) is 14.8. The standard InChI is InChI=1S/C15H26N2O3/c1-3-7-15(12(18)19)10-6-11-17(15)13(20)16-14(4-2)8-5-9-14/h3-11H2,1-2H3,(H,16,20)(H,18,19). The average molecular weight is 282 g/mol. The van der Waals surface area contributed by atoms with Gasteiger partial charge < -0.3 is 15.3 Å². The summed E-state index contributed by atoms with van der Waals surface area (Å²) in [5, 5.41) is 12.7. The first kappa shape index (κ1) is 15.1. The molecule has 20 heavy (non-hydrogen) atoms. The minimum Gasteiger partial charge on any atom is -0.479 e. The zero-order valence-electron chi connectivity index (χ0n) is 12.6. The van der Waals surface area contributed by atoms with Gasteiger partial charge in [0.1, 0.15) is 5.54 Å². The monoisotopic (exact) mass is 282 g/mol. The molecule has 1 heterocycles. The number of nitrogens with one attached hydrogen (secondary N) is 1. The third kappa shape index (κ3) is 2.38. The third-order valence-corrected chi connectivity index (χ3v) is 5.16. The lowest BCUT2D eigenvalue weighted by atomic mass is 9.75. The first-order chi connectivity index (χ1) is 9.49. The van der Waals surface area contributed by atoms with Crippen LogP contribution in [0.4, 0.5) is 4.79 Å². The molecule has 1 unspecified atom stereocenters. The van der Waals surface area contributed by atoms with Crippen molar-refractivity contribution < 1.29 is 14.7 Å². The fourth-order valence-corrected chi connectivity index (χ4v) is 3.64. The molecule has 0 radical (unpaired) electrons. The van der Waals surface area contributed by atoms with E-state index in [1.165, 1.54) is 0 Å². The molecule has 0 aromatic rings. The second-order valence-electron chi connectivity index (χ2n) is 6.26. The molecule has 5 nitrogen and oxygen atoms in total. The molecule has 1 aliphatic carbocycles. The average Bonchev–Trinajstić information content (AvgIpc) is 2.79. The van der Waals surface area contributed by atoms with Gasteiger partial charge >= 0.3 is 12.0 Å². The van der Waals surface area contributed by atoms with Crippen molar-refractivity contribution in [3.63, 3.8) is 0 Å². The van der Waals surface area contributed by atoms with Crippen LogP contribution in [0.2, 0.25) is 0 Å². The topological polar surface area (TPSA) is 69.6 Å². The van der Waals surface area contributed by atoms with Crippen LogP contribution < -0.4 is 5.32 Å². The van der Waals surface area contributed by atoms with E-state index in [0.29, 0.717) is 19.4 Å². The van der Waals surface area contributed by atoms with E-state index in [1.54, 1.807) is 4.90 Å². The molecule has 114 valence electrons. The van der Waals surface area contributed by atoms with Crippen LogP contribution in [0.5, 0.6) is 0 Å². The Hall–Kier alpha value is -1.26. The number of carbonyl (C=O) groups is 2. The number of rotatable bonds is 5. The number of likely N-dealkylation sites (tertiary alicyclic amines) is 1. The summed E-state index contributed by atoms with van der Waals surface area (Å²) >= 11 is 0. The smallest absolute Gasteiger partial charge is 0.329 e. The van der Waals surface area contributed by atoms with Crippen molar-refractivity contribution in [2.75, 3.05) is 6.54 Å². The summed E-state index contributed by atoms with van der Waals surface area (Å²) in [5.41, 5.74) is -1.08. The third-order valence-electron chi connectivity index (χ3n) is 5.16. The molecule has 2 amide bonds. The predicted molar refractivity (Wildman–Crippen MR) is 76.6 cm³/mol. The van der Waals surface area contributed by atoms with E-state index in [4.69, 9.17) is 0 Å². The molecule has 0 bridgehead atoms. The summed E-state index contributed by atoms with van der Waals surface area (Å²) < 4.78 is 0. The normalized spacial score (nSPS) is 28.0. The molecule has 2 fully saturated rings. The Kier molecular flexibility index (Phi) is 4.25. The Morgan fingerprint density at radius 3 is 2.35 bits per heavy atom. The van der Waals surface area contributed by atoms with Crippen LogP contribution in [0.25, 0.3) is 0 Å². The van der Waals surface area contributed by atoms with Crippen LogP contribution in [0, 0.1) is 0 Å². The van der Waals surface area contributed by atoms with Crippen molar-refractivity contribution in [3.8, 4) is 0 Å². The summed E-state index contributed by atoms with van der Waals surface area (Å²) in [6, 6.07) is -0.181. The first-order valence-corrected chi connectivity index (χ1v) is 7.83. The van der Waals surface area contributed by atoms with Gasteiger partial charge in [0, 0.05) is 12.1 Å². The maximum Gasteiger partial charge on any atom is 0.329 e. The van der Waals surface area contributed by atoms with Gasteiger partial charge in [0.2, 0.25) is 0 Å². The molecule has 0 spiro atoms. The van der Waals surface area contributed by atoms with Crippen molar-refractivity contribution in [1.82, 2.24) is 10.2 Å². The highest BCUT2D eigenvalue weighted by atomic mass is 16.4. The van der Waals surface area contributed by atoms with Gasteiger partial charge in [0.25, 0.3) is 0 Å². The van der Waals surface area contributed by atoms with E-state index >= 15 is 0 Å². The quantitative estimate of drug-likeness (QED) is 0.814. The molecule has 1 aliphatic heterocycles. The molecular weight excluding hydrogens is 256 g/mol. The Morgan fingerprint density at radius 1 is 1.20 bits per heavy atom. The van der Waals surface area contributed by atoms with Gasteiger partial charge in [-0.3, -0.25) is 0 Å². The molecule has 0 aromatic carbocycles. The lowest BCUT2D eigenvalue weighted by molar-refractivity contribution is -0.148. The molecular formula is C15H26N2O3. The maximum absolute atomic E-state index is 12.6. The van der Waals surface area contributed by atoms with Crippen molar-refractivity contribution in [1.29, 1.82) is 0 Å². The number of carboxylic acid groups (broad SMARTS) is 1. The number of hydrogen-bond donors (Lipinski definition) is 2. The number of carbonyl (C=O) groups excluding carboxylic acids is 1. The molecule has 0 aromatic heterocycles. The first-order valence-electron chi connectivity index (χ1n) is 7.83. The van der Waals surface area contributed by atoms with E-state index in [9.17, 15) is 14.7 Å². The molecule has 2 aliphatic rings. The highest BCUT2D eigenvalue weighted by Gasteiger charge is 2.50. The summed E-state index contributed by atoms with van der Waals surface area (Å²) in [6.45, 7) is 4.61. The van der Waals surface area contributed by atoms with Gasteiger partial charge in [0.05, 0.1) is 0 Å². The molecule has 2 N–H and O–H groups in total. The van der Waals surface area contributed by atoms with Crippen LogP contribution in [0.3, 0.4) is 0 Å². The summed E-state index contributed by atoms with van der Waals surface area (Å²) in [4.78, 5) is 25.9. The van der Waals surface area contributed by atoms with Crippen molar-refractivity contribution >= 4 is 12.0 Å². The van der Waals surface area contributed by atoms with Gasteiger partial charge in [-0.15, -0.1) is 0 Å². The van der Waals surface area contributed by atoms with Crippen molar-refractivity contribution in [3.05, 3.63) is 0 Å². The van der Waals surface area contributed by atoms with Gasteiger partial charge in [-0.05, 0) is 44.9 Å². The Morgan fingerprint density at radius 2 is 1.90 bits per heavy atom. The fourth-order valence-electron chi connectivity index (χ4n) is 3.64. The number of carboxylic acids is 1. The highest BCUT2D eigenvalue weighted by Crippen LogP contribution is 2.37. The Balaban J connectivity index is 2.13. The number of urea groups is 1. The lowest BCUT2D eigenvalue weighted by Gasteiger charge is -2.44. The van der Waals surface area contributed by atoms with Crippen LogP contribution in [-0.2, 0) is 4.79 Å². The fraction of sp³-hybridized carbons (Fsp3) is 0.867. The largest absolute Gasteiger partial charge is 0.479 e. The van der Waals surface area contributed by atoms with Gasteiger partial charge in [-0.25, -0.2) is 9.59 Å². The van der Waals surface area contributed by atoms with Crippen LogP contribution in [-0.4, -0.2) is 39.6 Å². The van der Waals surface area contributed by atoms with Crippen LogP contribution in [0.1, 0.15) is 65.2 Å². The molecule has 1 atom stereocenters. The predicted octanol–water partition coefficient (Wildman–Crippen LogP) is 2.75. The minimum absolute atomic E-state index is 0.0872. The van der Waals surface area contributed by atoms with Crippen molar-refractivity contribution in [2.24, 2.45) is 0 Å². The van der Waals surface area contributed by atoms with Gasteiger partial charge in [-0.1, -0.05) is 20.3 Å². The molecule has 5 heteroatoms. The second-order valence-corrected chi connectivity index (χ2v) is 6.26. The number of aliphatic carboxylic acids is 1.